The maximum absolute atomic E-state index is 5.80. The number of halogens is 1. The molecule has 0 saturated heterocycles. The molecule has 0 saturated carbocycles. The molecule has 0 aliphatic rings. The van der Waals surface area contributed by atoms with Gasteiger partial charge in [0.15, 0.2) is 5.82 Å². The van der Waals surface area contributed by atoms with E-state index in [1.54, 1.807) is 0 Å². The molecule has 1 aromatic carbocycles. The molecular weight excluding hydrogens is 226 g/mol. The molecule has 0 aliphatic carbocycles. The van der Waals surface area contributed by atoms with Gasteiger partial charge in [0.1, 0.15) is 0 Å². The number of hydrogen-bond donors (Lipinski definition) is 1. The van der Waals surface area contributed by atoms with E-state index in [0.29, 0.717) is 31.1 Å². The van der Waals surface area contributed by atoms with Gasteiger partial charge in [-0.3, -0.25) is 0 Å². The van der Waals surface area contributed by atoms with E-state index in [2.05, 4.69) is 10.1 Å². The third kappa shape index (κ3) is 2.81. The number of benzene rings is 1. The number of nitrogens with two attached hydrogens (primary N) is 1. The van der Waals surface area contributed by atoms with Crippen LogP contribution in [0.5, 0.6) is 0 Å². The average molecular weight is 238 g/mol. The molecule has 2 rings (SSSR count). The average Bonchev–Trinajstić information content (AvgIpc) is 2.70. The van der Waals surface area contributed by atoms with E-state index in [-0.39, 0.29) is 0 Å². The van der Waals surface area contributed by atoms with Gasteiger partial charge in [0.25, 0.3) is 0 Å². The van der Waals surface area contributed by atoms with E-state index in [1.807, 2.05) is 24.3 Å². The summed E-state index contributed by atoms with van der Waals surface area (Å²) in [6, 6.07) is 7.58. The van der Waals surface area contributed by atoms with Gasteiger partial charge in [-0.25, -0.2) is 0 Å². The van der Waals surface area contributed by atoms with Crippen LogP contribution < -0.4 is 5.73 Å². The lowest BCUT2D eigenvalue weighted by Crippen LogP contribution is -2.02. The smallest absolute Gasteiger partial charge is 0.227 e. The third-order valence-corrected chi connectivity index (χ3v) is 2.40. The van der Waals surface area contributed by atoms with Crippen LogP contribution in [-0.4, -0.2) is 16.7 Å². The summed E-state index contributed by atoms with van der Waals surface area (Å²) < 4.78 is 5.03. The molecule has 84 valence electrons. The Bertz CT molecular complexity index is 453. The predicted molar refractivity (Wildman–Crippen MR) is 61.3 cm³/mol. The lowest BCUT2D eigenvalue weighted by Gasteiger charge is -1.96. The minimum Gasteiger partial charge on any atom is -0.339 e. The van der Waals surface area contributed by atoms with Crippen LogP contribution in [0.4, 0.5) is 0 Å². The molecule has 1 heterocycles. The van der Waals surface area contributed by atoms with Crippen molar-refractivity contribution in [2.75, 3.05) is 6.54 Å². The zero-order valence-electron chi connectivity index (χ0n) is 8.69. The van der Waals surface area contributed by atoms with Crippen molar-refractivity contribution < 1.29 is 4.52 Å². The summed E-state index contributed by atoms with van der Waals surface area (Å²) in [5.74, 6) is 1.26. The van der Waals surface area contributed by atoms with E-state index < -0.39 is 0 Å². The largest absolute Gasteiger partial charge is 0.339 e. The fourth-order valence-corrected chi connectivity index (χ4v) is 1.50. The molecule has 0 atom stereocenters. The minimum absolute atomic E-state index is 0.516. The zero-order valence-corrected chi connectivity index (χ0v) is 9.44. The summed E-state index contributed by atoms with van der Waals surface area (Å²) >= 11 is 5.80. The van der Waals surface area contributed by atoms with Gasteiger partial charge >= 0.3 is 0 Å². The highest BCUT2D eigenvalue weighted by Gasteiger charge is 2.06. The van der Waals surface area contributed by atoms with Gasteiger partial charge in [0.05, 0.1) is 0 Å². The molecule has 0 bridgehead atoms. The second-order valence-electron chi connectivity index (χ2n) is 3.45. The van der Waals surface area contributed by atoms with E-state index in [9.17, 15) is 0 Å². The van der Waals surface area contributed by atoms with Crippen molar-refractivity contribution >= 4 is 11.6 Å². The number of rotatable bonds is 4. The molecule has 0 aliphatic heterocycles. The number of hydrogen-bond acceptors (Lipinski definition) is 4. The second kappa shape index (κ2) is 5.09. The number of aromatic nitrogens is 2. The summed E-state index contributed by atoms with van der Waals surface area (Å²) in [7, 11) is 0. The number of nitrogens with zero attached hydrogens (tertiary/aromatic N) is 2. The molecule has 1 aromatic heterocycles. The van der Waals surface area contributed by atoms with Crippen LogP contribution in [0.3, 0.4) is 0 Å². The first kappa shape index (κ1) is 11.1. The highest BCUT2D eigenvalue weighted by Crippen LogP contribution is 2.12. The summed E-state index contributed by atoms with van der Waals surface area (Å²) in [4.78, 5) is 4.23. The van der Waals surface area contributed by atoms with E-state index in [1.165, 1.54) is 0 Å². The molecule has 0 amide bonds. The maximum Gasteiger partial charge on any atom is 0.227 e. The Morgan fingerprint density at radius 3 is 2.69 bits per heavy atom. The minimum atomic E-state index is 0.516. The van der Waals surface area contributed by atoms with Crippen molar-refractivity contribution in [3.05, 3.63) is 46.6 Å². The van der Waals surface area contributed by atoms with E-state index in [4.69, 9.17) is 21.9 Å². The van der Waals surface area contributed by atoms with Gasteiger partial charge < -0.3 is 10.3 Å². The van der Waals surface area contributed by atoms with Gasteiger partial charge in [-0.05, 0) is 17.7 Å². The maximum atomic E-state index is 5.80. The monoisotopic (exact) mass is 237 g/mol. The highest BCUT2D eigenvalue weighted by atomic mass is 35.5. The van der Waals surface area contributed by atoms with Crippen molar-refractivity contribution in [3.63, 3.8) is 0 Å². The Hall–Kier alpha value is -1.39. The zero-order chi connectivity index (χ0) is 11.4. The molecule has 4 nitrogen and oxygen atoms in total. The predicted octanol–water partition coefficient (Wildman–Crippen LogP) is 1.81. The first-order valence-electron chi connectivity index (χ1n) is 5.04. The van der Waals surface area contributed by atoms with E-state index >= 15 is 0 Å². The Kier molecular flexibility index (Phi) is 3.54. The van der Waals surface area contributed by atoms with Crippen LogP contribution in [0.25, 0.3) is 0 Å². The summed E-state index contributed by atoms with van der Waals surface area (Å²) in [6.07, 6.45) is 1.26. The normalized spacial score (nSPS) is 10.6. The molecule has 0 fully saturated rings. The SMILES string of the molecule is NCCc1nc(Cc2ccc(Cl)cc2)no1. The molecule has 0 unspecified atom stereocenters. The summed E-state index contributed by atoms with van der Waals surface area (Å²) in [6.45, 7) is 0.516. The highest BCUT2D eigenvalue weighted by molar-refractivity contribution is 6.30. The summed E-state index contributed by atoms with van der Waals surface area (Å²) in [5, 5.41) is 4.60. The molecular formula is C11H12ClN3O. The van der Waals surface area contributed by atoms with Crippen molar-refractivity contribution in [2.45, 2.75) is 12.8 Å². The summed E-state index contributed by atoms with van der Waals surface area (Å²) in [5.41, 5.74) is 6.50. The fourth-order valence-electron chi connectivity index (χ4n) is 1.37. The Morgan fingerprint density at radius 2 is 2.00 bits per heavy atom. The Morgan fingerprint density at radius 1 is 1.25 bits per heavy atom. The van der Waals surface area contributed by atoms with Crippen molar-refractivity contribution in [1.29, 1.82) is 0 Å². The standard InChI is InChI=1S/C11H12ClN3O/c12-9-3-1-8(2-4-9)7-10-14-11(5-6-13)16-15-10/h1-4H,5-7,13H2. The topological polar surface area (TPSA) is 64.9 Å². The van der Waals surface area contributed by atoms with Gasteiger partial charge in [0.2, 0.25) is 5.89 Å². The molecule has 16 heavy (non-hydrogen) atoms. The Labute approximate surface area is 98.4 Å². The second-order valence-corrected chi connectivity index (χ2v) is 3.88. The third-order valence-electron chi connectivity index (χ3n) is 2.14. The van der Waals surface area contributed by atoms with Gasteiger partial charge in [-0.1, -0.05) is 28.9 Å². The fraction of sp³-hybridized carbons (Fsp3) is 0.273. The van der Waals surface area contributed by atoms with E-state index in [0.717, 1.165) is 10.6 Å². The van der Waals surface area contributed by atoms with Crippen LogP contribution in [0, 0.1) is 0 Å². The molecule has 0 radical (unpaired) electrons. The first-order valence-corrected chi connectivity index (χ1v) is 5.41. The van der Waals surface area contributed by atoms with Crippen LogP contribution in [0.2, 0.25) is 5.02 Å². The Balaban J connectivity index is 2.05. The van der Waals surface area contributed by atoms with Gasteiger partial charge in [-0.15, -0.1) is 0 Å². The quantitative estimate of drug-likeness (QED) is 0.881. The lowest BCUT2D eigenvalue weighted by atomic mass is 10.1. The molecule has 2 N–H and O–H groups in total. The molecule has 0 spiro atoms. The lowest BCUT2D eigenvalue weighted by molar-refractivity contribution is 0.375. The van der Waals surface area contributed by atoms with Crippen LogP contribution in [-0.2, 0) is 12.8 Å². The van der Waals surface area contributed by atoms with Gasteiger partial charge in [0, 0.05) is 24.4 Å². The van der Waals surface area contributed by atoms with Crippen LogP contribution in [0.15, 0.2) is 28.8 Å². The van der Waals surface area contributed by atoms with Crippen LogP contribution >= 0.6 is 11.6 Å². The van der Waals surface area contributed by atoms with Crippen molar-refractivity contribution in [3.8, 4) is 0 Å². The molecule has 2 aromatic rings. The van der Waals surface area contributed by atoms with Gasteiger partial charge in [-0.2, -0.15) is 4.98 Å². The van der Waals surface area contributed by atoms with Crippen LogP contribution in [0.1, 0.15) is 17.3 Å². The molecule has 5 heteroatoms. The first-order chi connectivity index (χ1) is 7.78. The van der Waals surface area contributed by atoms with Crippen molar-refractivity contribution in [1.82, 2.24) is 10.1 Å². The van der Waals surface area contributed by atoms with Crippen molar-refractivity contribution in [2.24, 2.45) is 5.73 Å².